The van der Waals surface area contributed by atoms with Gasteiger partial charge in [0.15, 0.2) is 5.96 Å². The van der Waals surface area contributed by atoms with Crippen molar-refractivity contribution in [3.63, 3.8) is 0 Å². The van der Waals surface area contributed by atoms with Crippen molar-refractivity contribution in [1.29, 1.82) is 0 Å². The Morgan fingerprint density at radius 1 is 1.39 bits per heavy atom. The minimum absolute atomic E-state index is 0.164. The lowest BCUT2D eigenvalue weighted by Crippen LogP contribution is -2.37. The number of nitrogens with one attached hydrogen (secondary N) is 2. The van der Waals surface area contributed by atoms with Crippen LogP contribution in [0.3, 0.4) is 0 Å². The van der Waals surface area contributed by atoms with Gasteiger partial charge in [0.25, 0.3) is 0 Å². The first-order valence-electron chi connectivity index (χ1n) is 7.37. The van der Waals surface area contributed by atoms with Crippen molar-refractivity contribution in [3.8, 4) is 0 Å². The molecule has 0 aliphatic carbocycles. The molecule has 0 bridgehead atoms. The number of nitrogens with zero attached hydrogens (tertiary/aromatic N) is 2. The summed E-state index contributed by atoms with van der Waals surface area (Å²) in [6, 6.07) is 5.18. The maximum absolute atomic E-state index is 13.7. The molecule has 0 radical (unpaired) electrons. The highest BCUT2D eigenvalue weighted by atomic mass is 79.9. The van der Waals surface area contributed by atoms with Crippen LogP contribution >= 0.6 is 27.3 Å². The number of benzene rings is 1. The fourth-order valence-corrected chi connectivity index (χ4v) is 3.14. The van der Waals surface area contributed by atoms with Crippen LogP contribution in [0.4, 0.5) is 4.39 Å². The van der Waals surface area contributed by atoms with E-state index in [-0.39, 0.29) is 5.82 Å². The number of aliphatic imine (C=N–C) groups is 1. The molecule has 1 aromatic heterocycles. The third kappa shape index (κ3) is 5.58. The van der Waals surface area contributed by atoms with Crippen molar-refractivity contribution in [2.75, 3.05) is 13.6 Å². The van der Waals surface area contributed by atoms with Crippen LogP contribution in [0.2, 0.25) is 0 Å². The number of halogens is 2. The van der Waals surface area contributed by atoms with E-state index in [0.717, 1.165) is 34.7 Å². The summed E-state index contributed by atoms with van der Waals surface area (Å²) in [4.78, 5) is 9.61. The van der Waals surface area contributed by atoms with Gasteiger partial charge < -0.3 is 10.6 Å². The molecular formula is C16H20BrFN4S. The summed E-state index contributed by atoms with van der Waals surface area (Å²) in [6.45, 7) is 3.44. The molecule has 0 aliphatic heterocycles. The molecule has 0 atom stereocenters. The lowest BCUT2D eigenvalue weighted by atomic mass is 10.1. The molecule has 0 amide bonds. The Morgan fingerprint density at radius 3 is 2.87 bits per heavy atom. The average Bonchev–Trinajstić information content (AvgIpc) is 2.93. The molecule has 0 saturated heterocycles. The number of hydrogen-bond acceptors (Lipinski definition) is 3. The fourth-order valence-electron chi connectivity index (χ4n) is 2.09. The van der Waals surface area contributed by atoms with Crippen LogP contribution in [0, 0.1) is 12.7 Å². The lowest BCUT2D eigenvalue weighted by molar-refractivity contribution is 0.602. The standard InChI is InChI=1S/C16H20BrFN4S/c1-11-15(23-10-22-11)9-21-16(19-2)20-7-3-4-12-5-6-13(17)8-14(12)18/h5-6,8,10H,3-4,7,9H2,1-2H3,(H2,19,20,21). The van der Waals surface area contributed by atoms with Crippen LogP contribution in [0.1, 0.15) is 22.6 Å². The highest BCUT2D eigenvalue weighted by Crippen LogP contribution is 2.16. The Bertz CT molecular complexity index is 672. The maximum Gasteiger partial charge on any atom is 0.191 e. The van der Waals surface area contributed by atoms with Gasteiger partial charge in [0.1, 0.15) is 5.82 Å². The Morgan fingerprint density at radius 2 is 2.22 bits per heavy atom. The summed E-state index contributed by atoms with van der Waals surface area (Å²) < 4.78 is 14.5. The molecule has 4 nitrogen and oxygen atoms in total. The fraction of sp³-hybridized carbons (Fsp3) is 0.375. The van der Waals surface area contributed by atoms with Gasteiger partial charge in [0.2, 0.25) is 0 Å². The van der Waals surface area contributed by atoms with Crippen LogP contribution in [-0.2, 0) is 13.0 Å². The summed E-state index contributed by atoms with van der Waals surface area (Å²) in [6.07, 6.45) is 1.52. The number of rotatable bonds is 6. The van der Waals surface area contributed by atoms with Crippen LogP contribution < -0.4 is 10.6 Å². The van der Waals surface area contributed by atoms with E-state index in [1.54, 1.807) is 18.4 Å². The number of hydrogen-bond donors (Lipinski definition) is 2. The Labute approximate surface area is 148 Å². The monoisotopic (exact) mass is 398 g/mol. The van der Waals surface area contributed by atoms with Crippen LogP contribution in [0.5, 0.6) is 0 Å². The smallest absolute Gasteiger partial charge is 0.191 e. The zero-order valence-electron chi connectivity index (χ0n) is 13.2. The highest BCUT2D eigenvalue weighted by Gasteiger charge is 2.05. The average molecular weight is 399 g/mol. The molecule has 1 heterocycles. The van der Waals surface area contributed by atoms with Gasteiger partial charge in [-0.25, -0.2) is 9.37 Å². The van der Waals surface area contributed by atoms with Gasteiger partial charge in [0, 0.05) is 22.9 Å². The molecule has 2 aromatic rings. The van der Waals surface area contributed by atoms with Crippen molar-refractivity contribution in [2.24, 2.45) is 4.99 Å². The van der Waals surface area contributed by atoms with Gasteiger partial charge in [-0.3, -0.25) is 4.99 Å². The van der Waals surface area contributed by atoms with Gasteiger partial charge in [-0.1, -0.05) is 22.0 Å². The highest BCUT2D eigenvalue weighted by molar-refractivity contribution is 9.10. The van der Waals surface area contributed by atoms with Gasteiger partial charge in [-0.05, 0) is 37.5 Å². The molecule has 124 valence electrons. The topological polar surface area (TPSA) is 49.3 Å². The lowest BCUT2D eigenvalue weighted by Gasteiger charge is -2.11. The molecule has 0 fully saturated rings. The molecule has 23 heavy (non-hydrogen) atoms. The first-order chi connectivity index (χ1) is 11.1. The first-order valence-corrected chi connectivity index (χ1v) is 9.05. The molecular weight excluding hydrogens is 379 g/mol. The van der Waals surface area contributed by atoms with E-state index in [9.17, 15) is 4.39 Å². The van der Waals surface area contributed by atoms with Crippen molar-refractivity contribution in [3.05, 3.63) is 50.1 Å². The SMILES string of the molecule is CN=C(NCCCc1ccc(Br)cc1F)NCc1scnc1C. The Kier molecular flexibility index (Phi) is 6.98. The van der Waals surface area contributed by atoms with Gasteiger partial charge in [-0.2, -0.15) is 0 Å². The number of guanidine groups is 1. The second-order valence-electron chi connectivity index (χ2n) is 5.05. The van der Waals surface area contributed by atoms with E-state index in [4.69, 9.17) is 0 Å². The van der Waals surface area contributed by atoms with E-state index < -0.39 is 0 Å². The summed E-state index contributed by atoms with van der Waals surface area (Å²) in [5.74, 6) is 0.580. The van der Waals surface area contributed by atoms with Crippen molar-refractivity contribution in [2.45, 2.75) is 26.3 Å². The number of aromatic nitrogens is 1. The normalized spacial score (nSPS) is 11.6. The minimum atomic E-state index is -0.164. The van der Waals surface area contributed by atoms with Crippen molar-refractivity contribution < 1.29 is 4.39 Å². The second kappa shape index (κ2) is 8.98. The molecule has 2 N–H and O–H groups in total. The van der Waals surface area contributed by atoms with Crippen LogP contribution in [0.15, 0.2) is 33.2 Å². The molecule has 7 heteroatoms. The third-order valence-electron chi connectivity index (χ3n) is 3.42. The molecule has 0 aliphatic rings. The van der Waals surface area contributed by atoms with E-state index in [2.05, 4.69) is 36.5 Å². The summed E-state index contributed by atoms with van der Waals surface area (Å²) in [5.41, 5.74) is 3.62. The summed E-state index contributed by atoms with van der Waals surface area (Å²) >= 11 is 4.89. The van der Waals surface area contributed by atoms with Gasteiger partial charge >= 0.3 is 0 Å². The zero-order valence-corrected chi connectivity index (χ0v) is 15.6. The van der Waals surface area contributed by atoms with E-state index in [1.807, 2.05) is 24.6 Å². The van der Waals surface area contributed by atoms with Crippen molar-refractivity contribution in [1.82, 2.24) is 15.6 Å². The number of aryl methyl sites for hydroxylation is 2. The maximum atomic E-state index is 13.7. The van der Waals surface area contributed by atoms with Crippen LogP contribution in [-0.4, -0.2) is 24.5 Å². The minimum Gasteiger partial charge on any atom is -0.356 e. The zero-order chi connectivity index (χ0) is 16.7. The second-order valence-corrected chi connectivity index (χ2v) is 6.91. The molecule has 0 spiro atoms. The summed E-state index contributed by atoms with van der Waals surface area (Å²) in [7, 11) is 1.74. The van der Waals surface area contributed by atoms with Gasteiger partial charge in [-0.15, -0.1) is 11.3 Å². The van der Waals surface area contributed by atoms with E-state index >= 15 is 0 Å². The Balaban J connectivity index is 1.72. The predicted octanol–water partition coefficient (Wildman–Crippen LogP) is 3.65. The molecule has 0 unspecified atom stereocenters. The quantitative estimate of drug-likeness (QED) is 0.443. The Hall–Kier alpha value is -1.47. The first kappa shape index (κ1) is 17.9. The summed E-state index contributed by atoms with van der Waals surface area (Å²) in [5, 5.41) is 6.50. The van der Waals surface area contributed by atoms with Gasteiger partial charge in [0.05, 0.1) is 17.7 Å². The third-order valence-corrected chi connectivity index (χ3v) is 4.84. The number of thiazole rings is 1. The van der Waals surface area contributed by atoms with Crippen molar-refractivity contribution >= 4 is 33.2 Å². The predicted molar refractivity (Wildman–Crippen MR) is 97.5 cm³/mol. The van der Waals surface area contributed by atoms with Crippen LogP contribution in [0.25, 0.3) is 0 Å². The van der Waals surface area contributed by atoms with E-state index in [1.165, 1.54) is 10.9 Å². The van der Waals surface area contributed by atoms with E-state index in [0.29, 0.717) is 13.0 Å². The molecule has 2 rings (SSSR count). The largest absolute Gasteiger partial charge is 0.356 e. The molecule has 0 saturated carbocycles. The molecule has 1 aromatic carbocycles.